The SMILES string of the molecule is CC(C(=O)NCCc1c[nH]c2ccccc12)N1C[C@@H](N)[C@H](c2ccccc2)C1.Cl. The third-order valence-corrected chi connectivity index (χ3v) is 5.92. The van der Waals surface area contributed by atoms with Gasteiger partial charge < -0.3 is 16.0 Å². The number of hydrogen-bond acceptors (Lipinski definition) is 3. The summed E-state index contributed by atoms with van der Waals surface area (Å²) in [4.78, 5) is 18.2. The second-order valence-corrected chi connectivity index (χ2v) is 7.71. The van der Waals surface area contributed by atoms with Crippen LogP contribution in [0, 0.1) is 0 Å². The van der Waals surface area contributed by atoms with E-state index >= 15 is 0 Å². The van der Waals surface area contributed by atoms with Gasteiger partial charge in [0, 0.05) is 48.7 Å². The number of carbonyl (C=O) groups is 1. The summed E-state index contributed by atoms with van der Waals surface area (Å²) < 4.78 is 0. The lowest BCUT2D eigenvalue weighted by atomic mass is 9.95. The third-order valence-electron chi connectivity index (χ3n) is 5.92. The molecule has 1 unspecified atom stereocenters. The molecule has 1 aliphatic rings. The molecule has 0 bridgehead atoms. The van der Waals surface area contributed by atoms with Crippen LogP contribution in [0.3, 0.4) is 0 Å². The van der Waals surface area contributed by atoms with Gasteiger partial charge in [-0.05, 0) is 30.5 Å². The molecule has 0 saturated carbocycles. The van der Waals surface area contributed by atoms with Crippen molar-refractivity contribution in [1.82, 2.24) is 15.2 Å². The maximum absolute atomic E-state index is 12.7. The summed E-state index contributed by atoms with van der Waals surface area (Å²) in [5.41, 5.74) is 10.0. The van der Waals surface area contributed by atoms with Crippen LogP contribution in [-0.2, 0) is 11.2 Å². The molecule has 6 heteroatoms. The minimum atomic E-state index is -0.178. The lowest BCUT2D eigenvalue weighted by Gasteiger charge is -2.23. The molecule has 0 spiro atoms. The molecule has 1 aromatic heterocycles. The first-order chi connectivity index (χ1) is 13.6. The van der Waals surface area contributed by atoms with E-state index in [1.165, 1.54) is 16.5 Å². The van der Waals surface area contributed by atoms with Crippen LogP contribution in [0.5, 0.6) is 0 Å². The van der Waals surface area contributed by atoms with Gasteiger partial charge in [-0.25, -0.2) is 0 Å². The number of nitrogens with two attached hydrogens (primary N) is 1. The highest BCUT2D eigenvalue weighted by molar-refractivity contribution is 5.85. The van der Waals surface area contributed by atoms with E-state index in [1.807, 2.05) is 43.5 Å². The van der Waals surface area contributed by atoms with E-state index in [0.29, 0.717) is 6.54 Å². The summed E-state index contributed by atoms with van der Waals surface area (Å²) in [5, 5.41) is 4.32. The number of likely N-dealkylation sites (tertiary alicyclic amines) is 1. The van der Waals surface area contributed by atoms with Crippen LogP contribution in [0.25, 0.3) is 10.9 Å². The average Bonchev–Trinajstić information content (AvgIpc) is 3.32. The van der Waals surface area contributed by atoms with Crippen molar-refractivity contribution < 1.29 is 4.79 Å². The van der Waals surface area contributed by atoms with Gasteiger partial charge in [-0.2, -0.15) is 0 Å². The van der Waals surface area contributed by atoms with E-state index in [0.717, 1.165) is 25.0 Å². The molecule has 4 N–H and O–H groups in total. The van der Waals surface area contributed by atoms with Crippen molar-refractivity contribution in [3.8, 4) is 0 Å². The largest absolute Gasteiger partial charge is 0.361 e. The Balaban J connectivity index is 0.00000240. The number of aromatic nitrogens is 1. The Labute approximate surface area is 178 Å². The minimum absolute atomic E-state index is 0. The Morgan fingerprint density at radius 2 is 1.90 bits per heavy atom. The molecule has 1 fully saturated rings. The third kappa shape index (κ3) is 4.64. The van der Waals surface area contributed by atoms with Gasteiger partial charge in [-0.3, -0.25) is 9.69 Å². The molecule has 0 radical (unpaired) electrons. The number of H-pyrrole nitrogens is 1. The Morgan fingerprint density at radius 1 is 1.17 bits per heavy atom. The highest BCUT2D eigenvalue weighted by Crippen LogP contribution is 2.27. The van der Waals surface area contributed by atoms with Gasteiger partial charge in [0.2, 0.25) is 5.91 Å². The van der Waals surface area contributed by atoms with Gasteiger partial charge >= 0.3 is 0 Å². The van der Waals surface area contributed by atoms with Crippen LogP contribution in [0.4, 0.5) is 0 Å². The van der Waals surface area contributed by atoms with Crippen LogP contribution in [-0.4, -0.2) is 47.5 Å². The number of benzene rings is 2. The van der Waals surface area contributed by atoms with E-state index in [-0.39, 0.29) is 36.3 Å². The second-order valence-electron chi connectivity index (χ2n) is 7.71. The molecule has 1 amide bonds. The van der Waals surface area contributed by atoms with Crippen molar-refractivity contribution in [2.45, 2.75) is 31.3 Å². The molecule has 5 nitrogen and oxygen atoms in total. The molecular formula is C23H29ClN4O. The van der Waals surface area contributed by atoms with Gasteiger partial charge in [0.05, 0.1) is 6.04 Å². The van der Waals surface area contributed by atoms with Crippen LogP contribution in [0.15, 0.2) is 60.8 Å². The molecule has 3 atom stereocenters. The second kappa shape index (κ2) is 9.44. The summed E-state index contributed by atoms with van der Waals surface area (Å²) in [6.45, 7) is 4.17. The predicted molar refractivity (Wildman–Crippen MR) is 120 cm³/mol. The first-order valence-corrected chi connectivity index (χ1v) is 10.0. The van der Waals surface area contributed by atoms with Crippen LogP contribution < -0.4 is 11.1 Å². The fourth-order valence-electron chi connectivity index (χ4n) is 4.20. The molecule has 0 aliphatic carbocycles. The zero-order chi connectivity index (χ0) is 19.5. The number of nitrogens with zero attached hydrogens (tertiary/aromatic N) is 1. The first-order valence-electron chi connectivity index (χ1n) is 10.0. The summed E-state index contributed by atoms with van der Waals surface area (Å²) >= 11 is 0. The van der Waals surface area contributed by atoms with E-state index < -0.39 is 0 Å². The smallest absolute Gasteiger partial charge is 0.237 e. The van der Waals surface area contributed by atoms with Crippen molar-refractivity contribution >= 4 is 29.2 Å². The van der Waals surface area contributed by atoms with Crippen molar-refractivity contribution in [3.05, 3.63) is 71.9 Å². The van der Waals surface area contributed by atoms with E-state index in [9.17, 15) is 4.79 Å². The maximum Gasteiger partial charge on any atom is 0.237 e. The number of para-hydroxylation sites is 1. The molecule has 2 heterocycles. The standard InChI is InChI=1S/C23H28N4O.ClH/c1-16(27-14-20(21(24)15-27)17-7-3-2-4-8-17)23(28)25-12-11-18-13-26-22-10-6-5-9-19(18)22;/h2-10,13,16,20-21,26H,11-12,14-15,24H2,1H3,(H,25,28);1H/t16?,20-,21+;/m0./s1. The van der Waals surface area contributed by atoms with Gasteiger partial charge in [0.25, 0.3) is 0 Å². The summed E-state index contributed by atoms with van der Waals surface area (Å²) in [6.07, 6.45) is 2.85. The van der Waals surface area contributed by atoms with Crippen LogP contribution >= 0.6 is 12.4 Å². The molecule has 1 saturated heterocycles. The molecule has 2 aromatic carbocycles. The number of nitrogens with one attached hydrogen (secondary N) is 2. The quantitative estimate of drug-likeness (QED) is 0.582. The normalized spacial score (nSPS) is 20.3. The molecule has 4 rings (SSSR count). The van der Waals surface area contributed by atoms with Gasteiger partial charge in [0.1, 0.15) is 0 Å². The Hall–Kier alpha value is -2.34. The zero-order valence-corrected chi connectivity index (χ0v) is 17.5. The lowest BCUT2D eigenvalue weighted by Crippen LogP contribution is -2.45. The highest BCUT2D eigenvalue weighted by Gasteiger charge is 2.35. The minimum Gasteiger partial charge on any atom is -0.361 e. The summed E-state index contributed by atoms with van der Waals surface area (Å²) in [5.74, 6) is 0.350. The van der Waals surface area contributed by atoms with Gasteiger partial charge in [-0.1, -0.05) is 48.5 Å². The molecule has 3 aromatic rings. The number of halogens is 1. The van der Waals surface area contributed by atoms with Crippen LogP contribution in [0.1, 0.15) is 24.0 Å². The van der Waals surface area contributed by atoms with Crippen molar-refractivity contribution in [2.24, 2.45) is 5.73 Å². The topological polar surface area (TPSA) is 74.2 Å². The summed E-state index contributed by atoms with van der Waals surface area (Å²) in [7, 11) is 0. The first kappa shape index (κ1) is 21.4. The monoisotopic (exact) mass is 412 g/mol. The average molecular weight is 413 g/mol. The molecular weight excluding hydrogens is 384 g/mol. The lowest BCUT2D eigenvalue weighted by molar-refractivity contribution is -0.125. The molecule has 1 aliphatic heterocycles. The summed E-state index contributed by atoms with van der Waals surface area (Å²) in [6, 6.07) is 18.5. The fraction of sp³-hybridized carbons (Fsp3) is 0.348. The number of aromatic amines is 1. The fourth-order valence-corrected chi connectivity index (χ4v) is 4.20. The van der Waals surface area contributed by atoms with E-state index in [4.69, 9.17) is 5.73 Å². The van der Waals surface area contributed by atoms with Crippen molar-refractivity contribution in [1.29, 1.82) is 0 Å². The van der Waals surface area contributed by atoms with Gasteiger partial charge in [0.15, 0.2) is 0 Å². The zero-order valence-electron chi connectivity index (χ0n) is 16.7. The number of rotatable bonds is 6. The Kier molecular flexibility index (Phi) is 6.96. The number of amides is 1. The molecule has 154 valence electrons. The van der Waals surface area contributed by atoms with Crippen molar-refractivity contribution in [3.63, 3.8) is 0 Å². The van der Waals surface area contributed by atoms with Crippen molar-refractivity contribution in [2.75, 3.05) is 19.6 Å². The van der Waals surface area contributed by atoms with E-state index in [2.05, 4.69) is 39.5 Å². The Bertz CT molecular complexity index is 942. The van der Waals surface area contributed by atoms with E-state index in [1.54, 1.807) is 0 Å². The van der Waals surface area contributed by atoms with Crippen LogP contribution in [0.2, 0.25) is 0 Å². The predicted octanol–water partition coefficient (Wildman–Crippen LogP) is 3.06. The van der Waals surface area contributed by atoms with Gasteiger partial charge in [-0.15, -0.1) is 12.4 Å². The molecule has 29 heavy (non-hydrogen) atoms. The number of hydrogen-bond donors (Lipinski definition) is 3. The number of carbonyl (C=O) groups excluding carboxylic acids is 1. The highest BCUT2D eigenvalue weighted by atomic mass is 35.5. The number of fused-ring (bicyclic) bond motifs is 1. The maximum atomic E-state index is 12.7. The Morgan fingerprint density at radius 3 is 2.69 bits per heavy atom.